The molecule has 0 amide bonds. The number of anilines is 2. The molecule has 100 valence electrons. The Hall–Kier alpha value is -2.30. The van der Waals surface area contributed by atoms with Crippen molar-refractivity contribution >= 4 is 11.4 Å². The summed E-state index contributed by atoms with van der Waals surface area (Å²) in [5.74, 6) is -1.10. The quantitative estimate of drug-likeness (QED) is 0.589. The highest BCUT2D eigenvalue weighted by molar-refractivity contribution is 5.60. The van der Waals surface area contributed by atoms with Gasteiger partial charge in [0.05, 0.1) is 5.69 Å². The Kier molecular flexibility index (Phi) is 3.55. The number of halogens is 2. The van der Waals surface area contributed by atoms with Crippen molar-refractivity contribution < 1.29 is 13.9 Å². The summed E-state index contributed by atoms with van der Waals surface area (Å²) >= 11 is 0. The topological polar surface area (TPSA) is 58.3 Å². The molecule has 19 heavy (non-hydrogen) atoms. The van der Waals surface area contributed by atoms with Crippen molar-refractivity contribution in [3.63, 3.8) is 0 Å². The molecule has 0 atom stereocenters. The SMILES string of the molecule is Cc1c(F)ccc(NCc2c(N)cccc2F)c1O. The molecule has 0 aliphatic rings. The average molecular weight is 264 g/mol. The molecule has 5 heteroatoms. The number of benzene rings is 2. The first-order valence-corrected chi connectivity index (χ1v) is 5.75. The number of nitrogens with two attached hydrogens (primary N) is 1. The van der Waals surface area contributed by atoms with E-state index in [1.807, 2.05) is 0 Å². The van der Waals surface area contributed by atoms with E-state index in [1.54, 1.807) is 6.07 Å². The second-order valence-corrected chi connectivity index (χ2v) is 4.23. The van der Waals surface area contributed by atoms with Gasteiger partial charge in [0.1, 0.15) is 17.4 Å². The van der Waals surface area contributed by atoms with E-state index < -0.39 is 11.6 Å². The molecule has 0 aromatic heterocycles. The Morgan fingerprint density at radius 2 is 1.89 bits per heavy atom. The molecule has 0 saturated heterocycles. The summed E-state index contributed by atoms with van der Waals surface area (Å²) in [7, 11) is 0. The minimum atomic E-state index is -0.492. The molecule has 0 spiro atoms. The van der Waals surface area contributed by atoms with Gasteiger partial charge in [0, 0.05) is 23.4 Å². The average Bonchev–Trinajstić information content (AvgIpc) is 2.38. The van der Waals surface area contributed by atoms with Gasteiger partial charge in [-0.3, -0.25) is 0 Å². The van der Waals surface area contributed by atoms with Crippen LogP contribution < -0.4 is 11.1 Å². The van der Waals surface area contributed by atoms with Gasteiger partial charge < -0.3 is 16.2 Å². The fraction of sp³-hybridized carbons (Fsp3) is 0.143. The first kappa shape index (κ1) is 13.1. The Bertz CT molecular complexity index is 594. The lowest BCUT2D eigenvalue weighted by Crippen LogP contribution is -2.06. The predicted octanol–water partition coefficient (Wildman–Crippen LogP) is 3.17. The first-order valence-electron chi connectivity index (χ1n) is 5.75. The number of aromatic hydroxyl groups is 1. The molecule has 2 aromatic carbocycles. The third-order valence-corrected chi connectivity index (χ3v) is 2.98. The van der Waals surface area contributed by atoms with Gasteiger partial charge in [0.25, 0.3) is 0 Å². The molecule has 0 saturated carbocycles. The van der Waals surface area contributed by atoms with Crippen LogP contribution in [0.15, 0.2) is 30.3 Å². The lowest BCUT2D eigenvalue weighted by atomic mass is 10.1. The molecule has 0 unspecified atom stereocenters. The van der Waals surface area contributed by atoms with Crippen molar-refractivity contribution in [3.05, 3.63) is 53.1 Å². The summed E-state index contributed by atoms with van der Waals surface area (Å²) in [6.07, 6.45) is 0. The van der Waals surface area contributed by atoms with Crippen molar-refractivity contribution in [2.24, 2.45) is 0 Å². The Morgan fingerprint density at radius 3 is 2.58 bits per heavy atom. The maximum atomic E-state index is 13.6. The molecule has 2 aromatic rings. The molecule has 2 rings (SSSR count). The van der Waals surface area contributed by atoms with Crippen molar-refractivity contribution in [3.8, 4) is 5.75 Å². The largest absolute Gasteiger partial charge is 0.505 e. The molecular formula is C14H14F2N2O. The van der Waals surface area contributed by atoms with Crippen molar-refractivity contribution in [2.75, 3.05) is 11.1 Å². The predicted molar refractivity (Wildman–Crippen MR) is 70.9 cm³/mol. The zero-order chi connectivity index (χ0) is 14.0. The van der Waals surface area contributed by atoms with Gasteiger partial charge in [-0.05, 0) is 31.2 Å². The summed E-state index contributed by atoms with van der Waals surface area (Å²) in [5.41, 5.74) is 6.79. The van der Waals surface area contributed by atoms with E-state index in [4.69, 9.17) is 5.73 Å². The zero-order valence-electron chi connectivity index (χ0n) is 10.4. The van der Waals surface area contributed by atoms with E-state index >= 15 is 0 Å². The molecule has 4 N–H and O–H groups in total. The summed E-state index contributed by atoms with van der Waals surface area (Å²) in [4.78, 5) is 0. The zero-order valence-corrected chi connectivity index (χ0v) is 10.4. The molecule has 0 radical (unpaired) electrons. The van der Waals surface area contributed by atoms with Gasteiger partial charge >= 0.3 is 0 Å². The van der Waals surface area contributed by atoms with Gasteiger partial charge in [0.15, 0.2) is 0 Å². The fourth-order valence-electron chi connectivity index (χ4n) is 1.76. The summed E-state index contributed by atoms with van der Waals surface area (Å²) < 4.78 is 26.7. The lowest BCUT2D eigenvalue weighted by Gasteiger charge is -2.12. The number of nitrogen functional groups attached to an aromatic ring is 1. The number of phenolic OH excluding ortho intramolecular Hbond substituents is 1. The Morgan fingerprint density at radius 1 is 1.16 bits per heavy atom. The van der Waals surface area contributed by atoms with Crippen molar-refractivity contribution in [2.45, 2.75) is 13.5 Å². The van der Waals surface area contributed by atoms with Gasteiger partial charge in [0.2, 0.25) is 0 Å². The standard InChI is InChI=1S/C14H14F2N2O/c1-8-10(15)5-6-13(14(8)19)18-7-9-11(16)3-2-4-12(9)17/h2-6,18-19H,7,17H2,1H3. The highest BCUT2D eigenvalue weighted by atomic mass is 19.1. The van der Waals surface area contributed by atoms with Crippen LogP contribution in [-0.2, 0) is 6.54 Å². The maximum Gasteiger partial charge on any atom is 0.144 e. The summed E-state index contributed by atoms with van der Waals surface area (Å²) in [6, 6.07) is 7.06. The van der Waals surface area contributed by atoms with E-state index in [0.717, 1.165) is 0 Å². The molecule has 0 aliphatic heterocycles. The van der Waals surface area contributed by atoms with Crippen LogP contribution in [0.2, 0.25) is 0 Å². The van der Waals surface area contributed by atoms with Crippen LogP contribution in [0.3, 0.4) is 0 Å². The lowest BCUT2D eigenvalue weighted by molar-refractivity contribution is 0.465. The number of hydrogen-bond acceptors (Lipinski definition) is 3. The van der Waals surface area contributed by atoms with E-state index in [1.165, 1.54) is 31.2 Å². The fourth-order valence-corrected chi connectivity index (χ4v) is 1.76. The van der Waals surface area contributed by atoms with E-state index in [2.05, 4.69) is 5.32 Å². The summed E-state index contributed by atoms with van der Waals surface area (Å²) in [6.45, 7) is 1.57. The van der Waals surface area contributed by atoms with Gasteiger partial charge in [-0.1, -0.05) is 6.07 Å². The van der Waals surface area contributed by atoms with Crippen LogP contribution in [0.4, 0.5) is 20.2 Å². The van der Waals surface area contributed by atoms with Crippen LogP contribution in [0.5, 0.6) is 5.75 Å². The van der Waals surface area contributed by atoms with Gasteiger partial charge in [-0.25, -0.2) is 8.78 Å². The third-order valence-electron chi connectivity index (χ3n) is 2.98. The van der Waals surface area contributed by atoms with Crippen LogP contribution in [-0.4, -0.2) is 5.11 Å². The van der Waals surface area contributed by atoms with Crippen LogP contribution in [0.25, 0.3) is 0 Å². The number of nitrogens with one attached hydrogen (secondary N) is 1. The molecule has 0 aliphatic carbocycles. The van der Waals surface area contributed by atoms with Gasteiger partial charge in [-0.2, -0.15) is 0 Å². The van der Waals surface area contributed by atoms with E-state index in [-0.39, 0.29) is 17.9 Å². The first-order chi connectivity index (χ1) is 9.00. The van der Waals surface area contributed by atoms with E-state index in [9.17, 15) is 13.9 Å². The molecule has 0 heterocycles. The Balaban J connectivity index is 2.22. The smallest absolute Gasteiger partial charge is 0.144 e. The van der Waals surface area contributed by atoms with Crippen LogP contribution in [0.1, 0.15) is 11.1 Å². The second kappa shape index (κ2) is 5.14. The number of rotatable bonds is 3. The normalized spacial score (nSPS) is 10.5. The van der Waals surface area contributed by atoms with Crippen LogP contribution >= 0.6 is 0 Å². The maximum absolute atomic E-state index is 13.6. The molecule has 0 fully saturated rings. The molecular weight excluding hydrogens is 250 g/mol. The minimum Gasteiger partial charge on any atom is -0.505 e. The van der Waals surface area contributed by atoms with E-state index in [0.29, 0.717) is 16.9 Å². The minimum absolute atomic E-state index is 0.108. The Labute approximate surface area is 109 Å². The molecule has 0 bridgehead atoms. The molecule has 3 nitrogen and oxygen atoms in total. The third kappa shape index (κ3) is 2.59. The number of phenols is 1. The highest BCUT2D eigenvalue weighted by Gasteiger charge is 2.10. The van der Waals surface area contributed by atoms with Crippen molar-refractivity contribution in [1.29, 1.82) is 0 Å². The van der Waals surface area contributed by atoms with Crippen molar-refractivity contribution in [1.82, 2.24) is 0 Å². The monoisotopic (exact) mass is 264 g/mol. The highest BCUT2D eigenvalue weighted by Crippen LogP contribution is 2.29. The second-order valence-electron chi connectivity index (χ2n) is 4.23. The number of hydrogen-bond donors (Lipinski definition) is 3. The van der Waals surface area contributed by atoms with Crippen LogP contribution in [0, 0.1) is 18.6 Å². The summed E-state index contributed by atoms with van der Waals surface area (Å²) in [5, 5.41) is 12.6. The van der Waals surface area contributed by atoms with Gasteiger partial charge in [-0.15, -0.1) is 0 Å².